The average Bonchev–Trinajstić information content (AvgIpc) is 3.42. The molecule has 0 radical (unpaired) electrons. The number of nitrogens with zero attached hydrogens (tertiary/aromatic N) is 5. The van der Waals surface area contributed by atoms with E-state index in [1.807, 2.05) is 23.9 Å². The quantitative estimate of drug-likeness (QED) is 0.316. The van der Waals surface area contributed by atoms with Crippen molar-refractivity contribution in [3.05, 3.63) is 64.3 Å². The van der Waals surface area contributed by atoms with Crippen LogP contribution in [0.1, 0.15) is 48.3 Å². The molecule has 3 aromatic heterocycles. The molecule has 37 heavy (non-hydrogen) atoms. The molecule has 1 aliphatic rings. The number of likely N-dealkylation sites (tertiary alicyclic amines) is 1. The van der Waals surface area contributed by atoms with Crippen LogP contribution in [0.4, 0.5) is 5.69 Å². The normalized spacial score (nSPS) is 17.5. The standard InChI is InChI=1S/C26H29Cl2N7O2/c1-16(24-21(27)11-29-12-22(24)28)37-19-6-7-23-20(9-19)25(33-32-23)26(36)31-18-10-30-35(15-18)14-17-5-3-4-8-34(2)13-17/h6-7,9-12,15-17H,3-5,8,13-14H2,1-2H3,(H,31,36)(H,32,33)/t16?,17-/m1/s1. The molecule has 1 aliphatic heterocycles. The summed E-state index contributed by atoms with van der Waals surface area (Å²) in [4.78, 5) is 19.5. The van der Waals surface area contributed by atoms with Crippen molar-refractivity contribution in [3.8, 4) is 5.75 Å². The molecule has 194 valence electrons. The number of fused-ring (bicyclic) bond motifs is 1. The highest BCUT2D eigenvalue weighted by atomic mass is 35.5. The molecule has 9 nitrogen and oxygen atoms in total. The molecule has 1 saturated heterocycles. The van der Waals surface area contributed by atoms with E-state index in [4.69, 9.17) is 27.9 Å². The van der Waals surface area contributed by atoms with Gasteiger partial charge in [-0.25, -0.2) is 0 Å². The van der Waals surface area contributed by atoms with Gasteiger partial charge >= 0.3 is 0 Å². The monoisotopic (exact) mass is 541 g/mol. The van der Waals surface area contributed by atoms with E-state index >= 15 is 0 Å². The Morgan fingerprint density at radius 1 is 1.24 bits per heavy atom. The number of aromatic nitrogens is 5. The summed E-state index contributed by atoms with van der Waals surface area (Å²) in [5.41, 5.74) is 2.27. The minimum Gasteiger partial charge on any atom is -0.486 e. The maximum Gasteiger partial charge on any atom is 0.276 e. The predicted octanol–water partition coefficient (Wildman–Crippen LogP) is 5.59. The number of anilines is 1. The van der Waals surface area contributed by atoms with Gasteiger partial charge in [-0.3, -0.25) is 19.6 Å². The number of ether oxygens (including phenoxy) is 1. The van der Waals surface area contributed by atoms with Crippen LogP contribution in [0.3, 0.4) is 0 Å². The molecule has 4 aromatic rings. The zero-order chi connectivity index (χ0) is 25.9. The van der Waals surface area contributed by atoms with Crippen LogP contribution in [-0.4, -0.2) is 55.9 Å². The largest absolute Gasteiger partial charge is 0.486 e. The Kier molecular flexibility index (Phi) is 7.64. The third-order valence-corrected chi connectivity index (χ3v) is 7.27. The Labute approximate surface area is 225 Å². The summed E-state index contributed by atoms with van der Waals surface area (Å²) in [7, 11) is 2.17. The van der Waals surface area contributed by atoms with Gasteiger partial charge in [0.15, 0.2) is 5.69 Å². The molecule has 11 heteroatoms. The van der Waals surface area contributed by atoms with E-state index in [0.29, 0.717) is 38.3 Å². The number of benzene rings is 1. The smallest absolute Gasteiger partial charge is 0.276 e. The molecule has 0 spiro atoms. The van der Waals surface area contributed by atoms with Gasteiger partial charge in [-0.05, 0) is 57.5 Å². The highest BCUT2D eigenvalue weighted by molar-refractivity contribution is 6.35. The van der Waals surface area contributed by atoms with E-state index in [1.54, 1.807) is 18.3 Å². The van der Waals surface area contributed by atoms with Crippen molar-refractivity contribution < 1.29 is 9.53 Å². The lowest BCUT2D eigenvalue weighted by molar-refractivity contribution is 0.102. The fourth-order valence-electron chi connectivity index (χ4n) is 4.88. The Morgan fingerprint density at radius 3 is 2.86 bits per heavy atom. The molecule has 0 saturated carbocycles. The predicted molar refractivity (Wildman–Crippen MR) is 144 cm³/mol. The van der Waals surface area contributed by atoms with E-state index in [1.165, 1.54) is 31.7 Å². The molecule has 4 heterocycles. The van der Waals surface area contributed by atoms with Crippen molar-refractivity contribution in [1.82, 2.24) is 29.9 Å². The fraction of sp³-hybridized carbons (Fsp3) is 0.385. The number of halogens is 2. The molecule has 0 bridgehead atoms. The SMILES string of the molecule is CC(Oc1ccc2[nH]nc(C(=O)Nc3cnn(C[C@@H]4CCCCN(C)C4)c3)c2c1)c1c(Cl)cncc1Cl. The van der Waals surface area contributed by atoms with Crippen LogP contribution in [0.15, 0.2) is 43.0 Å². The second-order valence-corrected chi connectivity index (χ2v) is 10.4. The molecule has 2 N–H and O–H groups in total. The number of amides is 1. The summed E-state index contributed by atoms with van der Waals surface area (Å²) in [6.45, 7) is 4.88. The Hall–Kier alpha value is -3.14. The van der Waals surface area contributed by atoms with E-state index < -0.39 is 6.10 Å². The fourth-order valence-corrected chi connectivity index (χ4v) is 5.55. The molecular weight excluding hydrogens is 513 g/mol. The third-order valence-electron chi connectivity index (χ3n) is 6.67. The number of carbonyl (C=O) groups is 1. The lowest BCUT2D eigenvalue weighted by Crippen LogP contribution is -2.26. The zero-order valence-corrected chi connectivity index (χ0v) is 22.3. The van der Waals surface area contributed by atoms with Gasteiger partial charge < -0.3 is 15.0 Å². The van der Waals surface area contributed by atoms with Crippen molar-refractivity contribution >= 4 is 45.7 Å². The Morgan fingerprint density at radius 2 is 2.05 bits per heavy atom. The van der Waals surface area contributed by atoms with Crippen molar-refractivity contribution in [2.45, 2.75) is 38.8 Å². The maximum absolute atomic E-state index is 13.1. The Balaban J connectivity index is 1.28. The van der Waals surface area contributed by atoms with Gasteiger partial charge in [0.25, 0.3) is 5.91 Å². The highest BCUT2D eigenvalue weighted by Crippen LogP contribution is 2.33. The number of hydrogen-bond acceptors (Lipinski definition) is 6. The van der Waals surface area contributed by atoms with Crippen molar-refractivity contribution in [3.63, 3.8) is 0 Å². The molecule has 1 aromatic carbocycles. The summed E-state index contributed by atoms with van der Waals surface area (Å²) in [5, 5.41) is 16.0. The summed E-state index contributed by atoms with van der Waals surface area (Å²) in [6, 6.07) is 5.40. The minimum absolute atomic E-state index is 0.270. The summed E-state index contributed by atoms with van der Waals surface area (Å²) < 4.78 is 8.01. The molecule has 1 fully saturated rings. The van der Waals surface area contributed by atoms with E-state index in [-0.39, 0.29) is 11.6 Å². The topological polar surface area (TPSA) is 101 Å². The number of carbonyl (C=O) groups excluding carboxylic acids is 1. The van der Waals surface area contributed by atoms with Crippen molar-refractivity contribution in [1.29, 1.82) is 0 Å². The molecule has 1 unspecified atom stereocenters. The van der Waals surface area contributed by atoms with E-state index in [0.717, 1.165) is 25.2 Å². The summed E-state index contributed by atoms with van der Waals surface area (Å²) in [6.07, 6.45) is 9.84. The van der Waals surface area contributed by atoms with Crippen LogP contribution in [0.2, 0.25) is 10.0 Å². The lowest BCUT2D eigenvalue weighted by Gasteiger charge is -2.19. The second kappa shape index (κ2) is 11.1. The van der Waals surface area contributed by atoms with Gasteiger partial charge in [0.2, 0.25) is 0 Å². The maximum atomic E-state index is 13.1. The first-order valence-corrected chi connectivity index (χ1v) is 13.1. The van der Waals surface area contributed by atoms with Crippen LogP contribution in [-0.2, 0) is 6.54 Å². The summed E-state index contributed by atoms with van der Waals surface area (Å²) >= 11 is 12.6. The summed E-state index contributed by atoms with van der Waals surface area (Å²) in [5.74, 6) is 0.773. The van der Waals surface area contributed by atoms with Gasteiger partial charge in [0, 0.05) is 42.6 Å². The highest BCUT2D eigenvalue weighted by Gasteiger charge is 2.20. The van der Waals surface area contributed by atoms with Gasteiger partial charge in [-0.2, -0.15) is 10.2 Å². The number of aromatic amines is 1. The molecule has 1 amide bonds. The van der Waals surface area contributed by atoms with Crippen LogP contribution >= 0.6 is 23.2 Å². The lowest BCUT2D eigenvalue weighted by atomic mass is 10.0. The van der Waals surface area contributed by atoms with Gasteiger partial charge in [-0.1, -0.05) is 29.6 Å². The van der Waals surface area contributed by atoms with Crippen molar-refractivity contribution in [2.24, 2.45) is 5.92 Å². The van der Waals surface area contributed by atoms with Crippen molar-refractivity contribution in [2.75, 3.05) is 25.5 Å². The van der Waals surface area contributed by atoms with Crippen LogP contribution in [0.5, 0.6) is 5.75 Å². The molecule has 2 atom stereocenters. The number of nitrogens with one attached hydrogen (secondary N) is 2. The third kappa shape index (κ3) is 5.89. The minimum atomic E-state index is -0.427. The first-order chi connectivity index (χ1) is 17.9. The number of hydrogen-bond donors (Lipinski definition) is 2. The van der Waals surface area contributed by atoms with Gasteiger partial charge in [-0.15, -0.1) is 0 Å². The first kappa shape index (κ1) is 25.5. The van der Waals surface area contributed by atoms with Gasteiger partial charge in [0.05, 0.1) is 27.4 Å². The zero-order valence-electron chi connectivity index (χ0n) is 20.7. The number of H-pyrrole nitrogens is 1. The number of pyridine rings is 1. The molecule has 5 rings (SSSR count). The van der Waals surface area contributed by atoms with E-state index in [9.17, 15) is 4.79 Å². The Bertz CT molecular complexity index is 1380. The van der Waals surface area contributed by atoms with E-state index in [2.05, 4.69) is 37.5 Å². The number of rotatable bonds is 7. The van der Waals surface area contributed by atoms with Crippen LogP contribution in [0.25, 0.3) is 10.9 Å². The second-order valence-electron chi connectivity index (χ2n) is 9.59. The van der Waals surface area contributed by atoms with Crippen LogP contribution in [0, 0.1) is 5.92 Å². The van der Waals surface area contributed by atoms with Gasteiger partial charge in [0.1, 0.15) is 11.9 Å². The molecule has 0 aliphatic carbocycles. The van der Waals surface area contributed by atoms with Crippen LogP contribution < -0.4 is 10.1 Å². The molecular formula is C26H29Cl2N7O2. The average molecular weight is 542 g/mol. The first-order valence-electron chi connectivity index (χ1n) is 12.3.